The van der Waals surface area contributed by atoms with Crippen molar-refractivity contribution in [3.8, 4) is 11.3 Å². The van der Waals surface area contributed by atoms with Crippen molar-refractivity contribution in [2.24, 2.45) is 7.05 Å². The van der Waals surface area contributed by atoms with Gasteiger partial charge in [-0.3, -0.25) is 4.68 Å². The lowest BCUT2D eigenvalue weighted by Gasteiger charge is -2.12. The van der Waals surface area contributed by atoms with Crippen LogP contribution in [-0.2, 0) is 7.05 Å². The molecule has 1 N–H and O–H groups in total. The SMILES string of the molecule is Cc1ccc(-c2nn(C)c(C3CCCN3)c2C)c(C)c1. The molecule has 1 unspecified atom stereocenters. The van der Waals surface area contributed by atoms with E-state index >= 15 is 0 Å². The van der Waals surface area contributed by atoms with Gasteiger partial charge in [-0.25, -0.2) is 0 Å². The topological polar surface area (TPSA) is 29.9 Å². The van der Waals surface area contributed by atoms with Crippen molar-refractivity contribution in [1.29, 1.82) is 0 Å². The summed E-state index contributed by atoms with van der Waals surface area (Å²) in [5.74, 6) is 0. The fourth-order valence-electron chi connectivity index (χ4n) is 3.38. The maximum atomic E-state index is 4.79. The molecule has 1 aromatic heterocycles. The highest BCUT2D eigenvalue weighted by Crippen LogP contribution is 2.33. The van der Waals surface area contributed by atoms with Crippen LogP contribution in [0.2, 0.25) is 0 Å². The first-order valence-electron chi connectivity index (χ1n) is 7.42. The van der Waals surface area contributed by atoms with Crippen LogP contribution < -0.4 is 5.32 Å². The van der Waals surface area contributed by atoms with Crippen LogP contribution in [0.3, 0.4) is 0 Å². The van der Waals surface area contributed by atoms with Crippen LogP contribution in [0, 0.1) is 20.8 Å². The third kappa shape index (κ3) is 2.16. The number of hydrogen-bond donors (Lipinski definition) is 1. The Morgan fingerprint density at radius 2 is 2.05 bits per heavy atom. The Hall–Kier alpha value is -1.61. The van der Waals surface area contributed by atoms with Gasteiger partial charge in [-0.1, -0.05) is 23.8 Å². The molecular weight excluding hydrogens is 246 g/mol. The first kappa shape index (κ1) is 13.4. The van der Waals surface area contributed by atoms with E-state index in [2.05, 4.69) is 56.0 Å². The zero-order chi connectivity index (χ0) is 14.3. The highest BCUT2D eigenvalue weighted by Gasteiger charge is 2.24. The van der Waals surface area contributed by atoms with Crippen molar-refractivity contribution in [1.82, 2.24) is 15.1 Å². The summed E-state index contributed by atoms with van der Waals surface area (Å²) in [6.45, 7) is 7.63. The van der Waals surface area contributed by atoms with Crippen LogP contribution in [0.5, 0.6) is 0 Å². The van der Waals surface area contributed by atoms with E-state index in [1.165, 1.54) is 40.8 Å². The molecule has 1 atom stereocenters. The number of rotatable bonds is 2. The molecule has 1 aliphatic rings. The monoisotopic (exact) mass is 269 g/mol. The summed E-state index contributed by atoms with van der Waals surface area (Å²) < 4.78 is 2.06. The molecule has 1 aromatic carbocycles. The largest absolute Gasteiger partial charge is 0.309 e. The van der Waals surface area contributed by atoms with Gasteiger partial charge in [0.2, 0.25) is 0 Å². The Kier molecular flexibility index (Phi) is 3.38. The van der Waals surface area contributed by atoms with Gasteiger partial charge in [0.05, 0.1) is 11.4 Å². The predicted molar refractivity (Wildman–Crippen MR) is 82.8 cm³/mol. The van der Waals surface area contributed by atoms with Gasteiger partial charge in [0, 0.05) is 18.7 Å². The molecule has 0 aliphatic carbocycles. The Labute approximate surface area is 121 Å². The van der Waals surface area contributed by atoms with Gasteiger partial charge >= 0.3 is 0 Å². The van der Waals surface area contributed by atoms with E-state index in [0.29, 0.717) is 6.04 Å². The molecule has 3 nitrogen and oxygen atoms in total. The first-order chi connectivity index (χ1) is 9.58. The van der Waals surface area contributed by atoms with E-state index in [1.807, 2.05) is 0 Å². The molecule has 1 aliphatic heterocycles. The van der Waals surface area contributed by atoms with Gasteiger partial charge in [0.25, 0.3) is 0 Å². The van der Waals surface area contributed by atoms with E-state index in [9.17, 15) is 0 Å². The predicted octanol–water partition coefficient (Wildman–Crippen LogP) is 3.44. The third-order valence-electron chi connectivity index (χ3n) is 4.37. The Bertz CT molecular complexity index is 634. The van der Waals surface area contributed by atoms with Gasteiger partial charge in [0.15, 0.2) is 0 Å². The first-order valence-corrected chi connectivity index (χ1v) is 7.42. The van der Waals surface area contributed by atoms with Gasteiger partial charge in [-0.15, -0.1) is 0 Å². The average Bonchev–Trinajstić information content (AvgIpc) is 2.98. The highest BCUT2D eigenvalue weighted by atomic mass is 15.3. The number of nitrogens with one attached hydrogen (secondary N) is 1. The third-order valence-corrected chi connectivity index (χ3v) is 4.37. The van der Waals surface area contributed by atoms with E-state index < -0.39 is 0 Å². The van der Waals surface area contributed by atoms with Gasteiger partial charge in [0.1, 0.15) is 0 Å². The lowest BCUT2D eigenvalue weighted by atomic mass is 9.98. The molecular formula is C17H23N3. The standard InChI is InChI=1S/C17H23N3/c1-11-7-8-14(12(2)10-11)16-13(3)17(20(4)19-16)15-6-5-9-18-15/h7-8,10,15,18H,5-6,9H2,1-4H3. The molecule has 0 spiro atoms. The van der Waals surface area contributed by atoms with Gasteiger partial charge < -0.3 is 5.32 Å². The summed E-state index contributed by atoms with van der Waals surface area (Å²) in [6.07, 6.45) is 2.47. The molecule has 2 aromatic rings. The molecule has 20 heavy (non-hydrogen) atoms. The minimum Gasteiger partial charge on any atom is -0.309 e. The smallest absolute Gasteiger partial charge is 0.0958 e. The van der Waals surface area contributed by atoms with Gasteiger partial charge in [-0.05, 0) is 51.3 Å². The fourth-order valence-corrected chi connectivity index (χ4v) is 3.38. The molecule has 2 heterocycles. The lowest BCUT2D eigenvalue weighted by molar-refractivity contribution is 0.571. The number of aryl methyl sites for hydroxylation is 3. The maximum absolute atomic E-state index is 4.79. The number of hydrogen-bond acceptors (Lipinski definition) is 2. The van der Waals surface area contributed by atoms with Crippen molar-refractivity contribution in [2.45, 2.75) is 39.7 Å². The summed E-state index contributed by atoms with van der Waals surface area (Å²) in [5.41, 5.74) is 7.66. The molecule has 1 saturated heterocycles. The lowest BCUT2D eigenvalue weighted by Crippen LogP contribution is -2.17. The minimum absolute atomic E-state index is 0.465. The molecule has 0 amide bonds. The number of benzene rings is 1. The summed E-state index contributed by atoms with van der Waals surface area (Å²) in [7, 11) is 2.06. The van der Waals surface area contributed by atoms with Crippen LogP contribution in [-0.4, -0.2) is 16.3 Å². The molecule has 0 saturated carbocycles. The van der Waals surface area contributed by atoms with Crippen molar-refractivity contribution in [3.05, 3.63) is 40.6 Å². The van der Waals surface area contributed by atoms with E-state index in [0.717, 1.165) is 12.2 Å². The minimum atomic E-state index is 0.465. The van der Waals surface area contributed by atoms with Crippen LogP contribution in [0.4, 0.5) is 0 Å². The second-order valence-electron chi connectivity index (χ2n) is 5.95. The van der Waals surface area contributed by atoms with Crippen LogP contribution >= 0.6 is 0 Å². The normalized spacial score (nSPS) is 18.7. The molecule has 0 bridgehead atoms. The zero-order valence-corrected chi connectivity index (χ0v) is 12.8. The zero-order valence-electron chi connectivity index (χ0n) is 12.8. The number of nitrogens with zero attached hydrogens (tertiary/aromatic N) is 2. The maximum Gasteiger partial charge on any atom is 0.0958 e. The van der Waals surface area contributed by atoms with Crippen LogP contribution in [0.25, 0.3) is 11.3 Å². The summed E-state index contributed by atoms with van der Waals surface area (Å²) >= 11 is 0. The van der Waals surface area contributed by atoms with Crippen molar-refractivity contribution in [2.75, 3.05) is 6.54 Å². The van der Waals surface area contributed by atoms with Gasteiger partial charge in [-0.2, -0.15) is 5.10 Å². The van der Waals surface area contributed by atoms with Crippen LogP contribution in [0.15, 0.2) is 18.2 Å². The molecule has 3 heteroatoms. The molecule has 106 valence electrons. The fraction of sp³-hybridized carbons (Fsp3) is 0.471. The molecule has 0 radical (unpaired) electrons. The Balaban J connectivity index is 2.08. The Morgan fingerprint density at radius 3 is 2.70 bits per heavy atom. The molecule has 3 rings (SSSR count). The highest BCUT2D eigenvalue weighted by molar-refractivity contribution is 5.68. The Morgan fingerprint density at radius 1 is 1.25 bits per heavy atom. The van der Waals surface area contributed by atoms with Crippen molar-refractivity contribution in [3.63, 3.8) is 0 Å². The van der Waals surface area contributed by atoms with Crippen molar-refractivity contribution >= 4 is 0 Å². The van der Waals surface area contributed by atoms with Crippen molar-refractivity contribution < 1.29 is 0 Å². The van der Waals surface area contributed by atoms with E-state index in [1.54, 1.807) is 0 Å². The van der Waals surface area contributed by atoms with E-state index in [4.69, 9.17) is 5.10 Å². The molecule has 1 fully saturated rings. The quantitative estimate of drug-likeness (QED) is 0.905. The second kappa shape index (κ2) is 5.06. The number of aromatic nitrogens is 2. The summed E-state index contributed by atoms with van der Waals surface area (Å²) in [4.78, 5) is 0. The summed E-state index contributed by atoms with van der Waals surface area (Å²) in [5, 5.41) is 8.37. The second-order valence-corrected chi connectivity index (χ2v) is 5.95. The average molecular weight is 269 g/mol. The van der Waals surface area contributed by atoms with Crippen LogP contribution in [0.1, 0.15) is 41.3 Å². The summed E-state index contributed by atoms with van der Waals surface area (Å²) in [6, 6.07) is 7.07. The van der Waals surface area contributed by atoms with E-state index in [-0.39, 0.29) is 0 Å².